The minimum Gasteiger partial charge on any atom is -0.409 e. The Labute approximate surface area is 103 Å². The van der Waals surface area contributed by atoms with Crippen molar-refractivity contribution in [3.63, 3.8) is 0 Å². The van der Waals surface area contributed by atoms with E-state index in [1.54, 1.807) is 0 Å². The van der Waals surface area contributed by atoms with Crippen LogP contribution in [-0.4, -0.2) is 36.1 Å². The van der Waals surface area contributed by atoms with Crippen LogP contribution in [0.3, 0.4) is 0 Å². The SMILES string of the molecule is CCC(C)NC(=O)CCNCCC/C(N)=N/O. The Hall–Kier alpha value is -1.30. The maximum absolute atomic E-state index is 11.4. The van der Waals surface area contributed by atoms with Gasteiger partial charge in [0.2, 0.25) is 5.91 Å². The molecule has 0 aliphatic heterocycles. The summed E-state index contributed by atoms with van der Waals surface area (Å²) in [6, 6.07) is 0.239. The Bertz CT molecular complexity index is 244. The summed E-state index contributed by atoms with van der Waals surface area (Å²) in [5, 5.41) is 17.2. The number of amides is 1. The fraction of sp³-hybridized carbons (Fsp3) is 0.818. The van der Waals surface area contributed by atoms with Crippen LogP contribution in [0.2, 0.25) is 0 Å². The molecule has 0 rings (SSSR count). The fourth-order valence-electron chi connectivity index (χ4n) is 1.22. The lowest BCUT2D eigenvalue weighted by atomic mass is 10.2. The molecule has 0 aliphatic rings. The minimum atomic E-state index is 0.0725. The minimum absolute atomic E-state index is 0.0725. The first-order valence-corrected chi connectivity index (χ1v) is 6.06. The number of hydrogen-bond acceptors (Lipinski definition) is 4. The molecule has 0 heterocycles. The van der Waals surface area contributed by atoms with Gasteiger partial charge in [-0.25, -0.2) is 0 Å². The summed E-state index contributed by atoms with van der Waals surface area (Å²) in [7, 11) is 0. The second-order valence-corrected chi connectivity index (χ2v) is 4.07. The molecular formula is C11H24N4O2. The van der Waals surface area contributed by atoms with Crippen LogP contribution in [0.5, 0.6) is 0 Å². The molecule has 1 unspecified atom stereocenters. The molecule has 0 spiro atoms. The summed E-state index contributed by atoms with van der Waals surface area (Å²) in [6.07, 6.45) is 2.78. The highest BCUT2D eigenvalue weighted by Gasteiger charge is 2.04. The summed E-state index contributed by atoms with van der Waals surface area (Å²) < 4.78 is 0. The number of carbonyl (C=O) groups excluding carboxylic acids is 1. The van der Waals surface area contributed by atoms with E-state index in [0.717, 1.165) is 19.4 Å². The Morgan fingerprint density at radius 3 is 2.71 bits per heavy atom. The zero-order valence-electron chi connectivity index (χ0n) is 10.7. The summed E-state index contributed by atoms with van der Waals surface area (Å²) in [5.74, 6) is 0.310. The smallest absolute Gasteiger partial charge is 0.221 e. The van der Waals surface area contributed by atoms with E-state index in [-0.39, 0.29) is 17.8 Å². The van der Waals surface area contributed by atoms with E-state index in [4.69, 9.17) is 10.9 Å². The second-order valence-electron chi connectivity index (χ2n) is 4.07. The Kier molecular flexibility index (Phi) is 9.14. The van der Waals surface area contributed by atoms with E-state index >= 15 is 0 Å². The molecule has 0 aromatic rings. The molecule has 6 heteroatoms. The van der Waals surface area contributed by atoms with Gasteiger partial charge in [-0.2, -0.15) is 0 Å². The van der Waals surface area contributed by atoms with Gasteiger partial charge in [-0.05, 0) is 26.3 Å². The maximum atomic E-state index is 11.4. The average Bonchev–Trinajstić information content (AvgIpc) is 2.32. The molecular weight excluding hydrogens is 220 g/mol. The number of rotatable bonds is 9. The Morgan fingerprint density at radius 2 is 2.12 bits per heavy atom. The third-order valence-electron chi connectivity index (χ3n) is 2.46. The van der Waals surface area contributed by atoms with Crippen molar-refractivity contribution >= 4 is 11.7 Å². The van der Waals surface area contributed by atoms with Crippen molar-refractivity contribution in [1.29, 1.82) is 0 Å². The van der Waals surface area contributed by atoms with Crippen LogP contribution >= 0.6 is 0 Å². The predicted octanol–water partition coefficient (Wildman–Crippen LogP) is 0.407. The zero-order valence-corrected chi connectivity index (χ0v) is 10.7. The first-order valence-electron chi connectivity index (χ1n) is 6.06. The lowest BCUT2D eigenvalue weighted by Crippen LogP contribution is -2.34. The standard InChI is InChI=1S/C11H24N4O2/c1-3-9(2)14-11(16)6-8-13-7-4-5-10(12)15-17/h9,13,17H,3-8H2,1-2H3,(H2,12,15)(H,14,16). The van der Waals surface area contributed by atoms with Crippen molar-refractivity contribution in [3.05, 3.63) is 0 Å². The molecule has 6 nitrogen and oxygen atoms in total. The summed E-state index contributed by atoms with van der Waals surface area (Å²) in [4.78, 5) is 11.4. The van der Waals surface area contributed by atoms with Gasteiger partial charge < -0.3 is 21.6 Å². The molecule has 0 radical (unpaired) electrons. The number of nitrogens with one attached hydrogen (secondary N) is 2. The molecule has 0 saturated carbocycles. The van der Waals surface area contributed by atoms with Crippen LogP contribution in [0.1, 0.15) is 39.5 Å². The van der Waals surface area contributed by atoms with Crippen molar-refractivity contribution in [2.75, 3.05) is 13.1 Å². The summed E-state index contributed by atoms with van der Waals surface area (Å²) in [5.41, 5.74) is 5.31. The molecule has 0 aromatic carbocycles. The third-order valence-corrected chi connectivity index (χ3v) is 2.46. The van der Waals surface area contributed by atoms with Gasteiger partial charge in [0.15, 0.2) is 0 Å². The lowest BCUT2D eigenvalue weighted by molar-refractivity contribution is -0.121. The average molecular weight is 244 g/mol. The summed E-state index contributed by atoms with van der Waals surface area (Å²) in [6.45, 7) is 5.43. The van der Waals surface area contributed by atoms with E-state index in [9.17, 15) is 4.79 Å². The van der Waals surface area contributed by atoms with E-state index in [1.165, 1.54) is 0 Å². The van der Waals surface area contributed by atoms with E-state index in [1.807, 2.05) is 13.8 Å². The van der Waals surface area contributed by atoms with E-state index in [0.29, 0.717) is 19.4 Å². The van der Waals surface area contributed by atoms with Crippen LogP contribution in [0.15, 0.2) is 5.16 Å². The molecule has 5 N–H and O–H groups in total. The van der Waals surface area contributed by atoms with Gasteiger partial charge in [-0.3, -0.25) is 4.79 Å². The van der Waals surface area contributed by atoms with Crippen LogP contribution in [0.25, 0.3) is 0 Å². The quantitative estimate of drug-likeness (QED) is 0.155. The monoisotopic (exact) mass is 244 g/mol. The van der Waals surface area contributed by atoms with Gasteiger partial charge in [-0.1, -0.05) is 12.1 Å². The van der Waals surface area contributed by atoms with Gasteiger partial charge in [0.05, 0.1) is 0 Å². The topological polar surface area (TPSA) is 99.7 Å². The molecule has 17 heavy (non-hydrogen) atoms. The number of oxime groups is 1. The third kappa shape index (κ3) is 9.62. The molecule has 0 saturated heterocycles. The van der Waals surface area contributed by atoms with Gasteiger partial charge in [0.25, 0.3) is 0 Å². The largest absolute Gasteiger partial charge is 0.409 e. The number of carbonyl (C=O) groups is 1. The second kappa shape index (κ2) is 9.89. The van der Waals surface area contributed by atoms with Crippen molar-refractivity contribution in [2.45, 2.75) is 45.6 Å². The van der Waals surface area contributed by atoms with Crippen LogP contribution < -0.4 is 16.4 Å². The lowest BCUT2D eigenvalue weighted by Gasteiger charge is -2.11. The van der Waals surface area contributed by atoms with E-state index in [2.05, 4.69) is 15.8 Å². The molecule has 0 fully saturated rings. The fourth-order valence-corrected chi connectivity index (χ4v) is 1.22. The van der Waals surface area contributed by atoms with Crippen molar-refractivity contribution in [1.82, 2.24) is 10.6 Å². The summed E-state index contributed by atoms with van der Waals surface area (Å²) >= 11 is 0. The number of hydrogen-bond donors (Lipinski definition) is 4. The molecule has 0 aromatic heterocycles. The highest BCUT2D eigenvalue weighted by atomic mass is 16.4. The predicted molar refractivity (Wildman–Crippen MR) is 68.0 cm³/mol. The highest BCUT2D eigenvalue weighted by Crippen LogP contribution is 1.90. The number of nitrogens with zero attached hydrogens (tertiary/aromatic N) is 1. The first kappa shape index (κ1) is 15.7. The molecule has 0 bridgehead atoms. The Morgan fingerprint density at radius 1 is 1.41 bits per heavy atom. The first-order chi connectivity index (χ1) is 8.10. The van der Waals surface area contributed by atoms with Gasteiger partial charge in [-0.15, -0.1) is 0 Å². The van der Waals surface area contributed by atoms with E-state index < -0.39 is 0 Å². The molecule has 0 aliphatic carbocycles. The van der Waals surface area contributed by atoms with Crippen LogP contribution in [0, 0.1) is 0 Å². The molecule has 1 atom stereocenters. The molecule has 1 amide bonds. The van der Waals surface area contributed by atoms with Gasteiger partial charge >= 0.3 is 0 Å². The normalized spacial score (nSPS) is 13.4. The molecule has 100 valence electrons. The van der Waals surface area contributed by atoms with Crippen LogP contribution in [-0.2, 0) is 4.79 Å². The van der Waals surface area contributed by atoms with Crippen LogP contribution in [0.4, 0.5) is 0 Å². The van der Waals surface area contributed by atoms with Gasteiger partial charge in [0.1, 0.15) is 5.84 Å². The number of nitrogens with two attached hydrogens (primary N) is 1. The maximum Gasteiger partial charge on any atom is 0.221 e. The highest BCUT2D eigenvalue weighted by molar-refractivity contribution is 5.79. The Balaban J connectivity index is 3.36. The van der Waals surface area contributed by atoms with Gasteiger partial charge in [0, 0.05) is 25.4 Å². The van der Waals surface area contributed by atoms with Crippen molar-refractivity contribution < 1.29 is 10.0 Å². The van der Waals surface area contributed by atoms with Crippen molar-refractivity contribution in [3.8, 4) is 0 Å². The van der Waals surface area contributed by atoms with Crippen molar-refractivity contribution in [2.24, 2.45) is 10.9 Å². The zero-order chi connectivity index (χ0) is 13.1. The number of amidine groups is 1.